The number of aliphatic hydroxyl groups is 1. The average molecular weight is 441 g/mol. The summed E-state index contributed by atoms with van der Waals surface area (Å²) in [6.45, 7) is 1.79. The molecule has 158 valence electrons. The average Bonchev–Trinajstić information content (AvgIpc) is 3.00. The van der Waals surface area contributed by atoms with Crippen LogP contribution in [0.25, 0.3) is 0 Å². The van der Waals surface area contributed by atoms with Gasteiger partial charge in [0.15, 0.2) is 5.76 Å². The van der Waals surface area contributed by atoms with Gasteiger partial charge in [0.2, 0.25) is 9.84 Å². The van der Waals surface area contributed by atoms with Crippen LogP contribution in [-0.2, 0) is 14.6 Å². The van der Waals surface area contributed by atoms with Gasteiger partial charge in [-0.1, -0.05) is 29.8 Å². The number of carbonyl (C=O) groups excluding carboxylic acids is 1. The SMILES string of the molecule is Cc1ccc(S(=O)(=O)C2=C(O)C(=O)N(c3ccc(F)cc3)[C@H]2c2cccc(F)c2)cc1. The van der Waals surface area contributed by atoms with Gasteiger partial charge in [0.1, 0.15) is 22.6 Å². The Morgan fingerprint density at radius 2 is 1.55 bits per heavy atom. The Morgan fingerprint density at radius 1 is 0.903 bits per heavy atom. The Labute approximate surface area is 177 Å². The van der Waals surface area contributed by atoms with Gasteiger partial charge >= 0.3 is 0 Å². The van der Waals surface area contributed by atoms with Crippen molar-refractivity contribution in [2.45, 2.75) is 17.9 Å². The summed E-state index contributed by atoms with van der Waals surface area (Å²) in [4.78, 5) is 13.3. The molecule has 1 aliphatic heterocycles. The number of benzene rings is 3. The minimum absolute atomic E-state index is 0.116. The molecule has 5 nitrogen and oxygen atoms in total. The van der Waals surface area contributed by atoms with Crippen LogP contribution in [0.15, 0.2) is 88.4 Å². The number of anilines is 1. The van der Waals surface area contributed by atoms with Gasteiger partial charge in [-0.15, -0.1) is 0 Å². The lowest BCUT2D eigenvalue weighted by Crippen LogP contribution is -2.31. The number of aliphatic hydroxyl groups excluding tert-OH is 1. The summed E-state index contributed by atoms with van der Waals surface area (Å²) in [5.41, 5.74) is 1.13. The van der Waals surface area contributed by atoms with Crippen molar-refractivity contribution in [2.75, 3.05) is 4.90 Å². The van der Waals surface area contributed by atoms with Gasteiger partial charge in [-0.25, -0.2) is 17.2 Å². The zero-order valence-electron chi connectivity index (χ0n) is 16.3. The summed E-state index contributed by atoms with van der Waals surface area (Å²) in [5.74, 6) is -3.13. The van der Waals surface area contributed by atoms with E-state index in [2.05, 4.69) is 0 Å². The topological polar surface area (TPSA) is 74.7 Å². The highest BCUT2D eigenvalue weighted by molar-refractivity contribution is 7.95. The third kappa shape index (κ3) is 3.59. The largest absolute Gasteiger partial charge is 0.502 e. The fraction of sp³-hybridized carbons (Fsp3) is 0.0870. The molecule has 4 rings (SSSR count). The van der Waals surface area contributed by atoms with Gasteiger partial charge in [-0.2, -0.15) is 0 Å². The Morgan fingerprint density at radius 3 is 2.16 bits per heavy atom. The molecule has 0 aromatic heterocycles. The monoisotopic (exact) mass is 441 g/mol. The molecule has 0 saturated carbocycles. The fourth-order valence-electron chi connectivity index (χ4n) is 3.55. The number of sulfone groups is 1. The lowest BCUT2D eigenvalue weighted by molar-refractivity contribution is -0.117. The van der Waals surface area contributed by atoms with Crippen molar-refractivity contribution >= 4 is 21.4 Å². The molecular formula is C23H17F2NO4S. The molecule has 1 heterocycles. The number of hydrogen-bond donors (Lipinski definition) is 1. The van der Waals surface area contributed by atoms with Crippen LogP contribution in [0, 0.1) is 18.6 Å². The van der Waals surface area contributed by atoms with Crippen molar-refractivity contribution in [2.24, 2.45) is 0 Å². The van der Waals surface area contributed by atoms with Gasteiger partial charge < -0.3 is 5.11 Å². The fourth-order valence-corrected chi connectivity index (χ4v) is 5.17. The molecule has 0 unspecified atom stereocenters. The van der Waals surface area contributed by atoms with Crippen LogP contribution in [0.1, 0.15) is 17.2 Å². The third-order valence-electron chi connectivity index (χ3n) is 5.05. The minimum atomic E-state index is -4.33. The molecule has 1 amide bonds. The van der Waals surface area contributed by atoms with Crippen molar-refractivity contribution < 1.29 is 27.1 Å². The summed E-state index contributed by atoms with van der Waals surface area (Å²) < 4.78 is 54.3. The predicted molar refractivity (Wildman–Crippen MR) is 111 cm³/mol. The molecule has 0 radical (unpaired) electrons. The highest BCUT2D eigenvalue weighted by Gasteiger charge is 2.47. The van der Waals surface area contributed by atoms with E-state index in [0.29, 0.717) is 0 Å². The van der Waals surface area contributed by atoms with Crippen LogP contribution in [0.5, 0.6) is 0 Å². The first-order valence-corrected chi connectivity index (χ1v) is 10.8. The van der Waals surface area contributed by atoms with Gasteiger partial charge in [0, 0.05) is 5.69 Å². The van der Waals surface area contributed by atoms with Gasteiger partial charge in [0.25, 0.3) is 5.91 Å². The molecule has 0 bridgehead atoms. The van der Waals surface area contributed by atoms with E-state index in [0.717, 1.165) is 28.7 Å². The summed E-state index contributed by atoms with van der Waals surface area (Å²) in [5, 5.41) is 10.6. The van der Waals surface area contributed by atoms with Crippen LogP contribution < -0.4 is 4.90 Å². The van der Waals surface area contributed by atoms with E-state index in [1.807, 2.05) is 0 Å². The summed E-state index contributed by atoms with van der Waals surface area (Å²) in [6.07, 6.45) is 0. The Kier molecular flexibility index (Phi) is 5.10. The lowest BCUT2D eigenvalue weighted by Gasteiger charge is -2.27. The second kappa shape index (κ2) is 7.63. The maximum atomic E-state index is 14.0. The van der Waals surface area contributed by atoms with Gasteiger partial charge in [-0.3, -0.25) is 9.69 Å². The van der Waals surface area contributed by atoms with E-state index in [-0.39, 0.29) is 16.1 Å². The van der Waals surface area contributed by atoms with Crippen molar-refractivity contribution in [3.05, 3.63) is 106 Å². The lowest BCUT2D eigenvalue weighted by atomic mass is 10.1. The van der Waals surface area contributed by atoms with E-state index in [9.17, 15) is 27.1 Å². The molecule has 0 spiro atoms. The zero-order valence-corrected chi connectivity index (χ0v) is 17.1. The molecule has 0 fully saturated rings. The molecule has 0 aliphatic carbocycles. The maximum Gasteiger partial charge on any atom is 0.295 e. The number of hydrogen-bond acceptors (Lipinski definition) is 4. The highest BCUT2D eigenvalue weighted by Crippen LogP contribution is 2.44. The second-order valence-corrected chi connectivity index (χ2v) is 9.06. The first kappa shape index (κ1) is 20.7. The summed E-state index contributed by atoms with van der Waals surface area (Å²) in [6, 6.07) is 14.5. The van der Waals surface area contributed by atoms with Crippen molar-refractivity contribution in [1.82, 2.24) is 0 Å². The van der Waals surface area contributed by atoms with E-state index >= 15 is 0 Å². The molecule has 31 heavy (non-hydrogen) atoms. The van der Waals surface area contributed by atoms with Crippen LogP contribution in [0.3, 0.4) is 0 Å². The van der Waals surface area contributed by atoms with E-state index in [1.54, 1.807) is 19.1 Å². The van der Waals surface area contributed by atoms with Crippen molar-refractivity contribution in [3.63, 3.8) is 0 Å². The number of halogens is 2. The molecule has 3 aromatic carbocycles. The minimum Gasteiger partial charge on any atom is -0.502 e. The Bertz CT molecular complexity index is 1300. The zero-order chi connectivity index (χ0) is 22.3. The first-order valence-electron chi connectivity index (χ1n) is 9.29. The third-order valence-corrected chi connectivity index (χ3v) is 6.94. The van der Waals surface area contributed by atoms with E-state index < -0.39 is 44.1 Å². The molecular weight excluding hydrogens is 424 g/mol. The highest BCUT2D eigenvalue weighted by atomic mass is 32.2. The number of carbonyl (C=O) groups is 1. The van der Waals surface area contributed by atoms with Crippen LogP contribution >= 0.6 is 0 Å². The number of amides is 1. The second-order valence-electron chi connectivity index (χ2n) is 7.14. The number of rotatable bonds is 4. The first-order chi connectivity index (χ1) is 14.7. The van der Waals surface area contributed by atoms with Crippen molar-refractivity contribution in [1.29, 1.82) is 0 Å². The van der Waals surface area contributed by atoms with E-state index in [1.165, 1.54) is 42.5 Å². The Balaban J connectivity index is 1.94. The van der Waals surface area contributed by atoms with Crippen LogP contribution in [0.4, 0.5) is 14.5 Å². The number of nitrogens with zero attached hydrogens (tertiary/aromatic N) is 1. The molecule has 8 heteroatoms. The van der Waals surface area contributed by atoms with Crippen molar-refractivity contribution in [3.8, 4) is 0 Å². The van der Waals surface area contributed by atoms with E-state index in [4.69, 9.17) is 0 Å². The van der Waals surface area contributed by atoms with Crippen LogP contribution in [0.2, 0.25) is 0 Å². The molecule has 1 N–H and O–H groups in total. The number of aryl methyl sites for hydroxylation is 1. The molecule has 1 aliphatic rings. The molecule has 0 saturated heterocycles. The normalized spacial score (nSPS) is 16.8. The van der Waals surface area contributed by atoms with Gasteiger partial charge in [-0.05, 0) is 61.0 Å². The summed E-state index contributed by atoms with van der Waals surface area (Å²) >= 11 is 0. The maximum absolute atomic E-state index is 14.0. The summed E-state index contributed by atoms with van der Waals surface area (Å²) in [7, 11) is -4.33. The van der Waals surface area contributed by atoms with Gasteiger partial charge in [0.05, 0.1) is 4.90 Å². The molecule has 3 aromatic rings. The predicted octanol–water partition coefficient (Wildman–Crippen LogP) is 4.60. The standard InChI is InChI=1S/C23H17F2NO4S/c1-14-5-11-19(12-6-14)31(29,30)22-20(15-3-2-4-17(25)13-15)26(23(28)21(22)27)18-9-7-16(24)8-10-18/h2-13,20,27H,1H3/t20-/m0/s1. The Hall–Kier alpha value is -3.52. The smallest absolute Gasteiger partial charge is 0.295 e. The quantitative estimate of drug-likeness (QED) is 0.642. The van der Waals surface area contributed by atoms with Crippen LogP contribution in [-0.4, -0.2) is 19.4 Å². The molecule has 1 atom stereocenters.